The molecule has 0 spiro atoms. The van der Waals surface area contributed by atoms with Gasteiger partial charge in [0.25, 0.3) is 0 Å². The molecule has 0 N–H and O–H groups in total. The largest absolute Gasteiger partial charge is 0.503 e. The molecular weight excluding hydrogens is 894 g/mol. The van der Waals surface area contributed by atoms with Crippen molar-refractivity contribution in [2.75, 3.05) is 9.80 Å². The molecule has 0 amide bonds. The van der Waals surface area contributed by atoms with E-state index in [0.717, 1.165) is 39.3 Å². The van der Waals surface area contributed by atoms with Crippen LogP contribution in [0.25, 0.3) is 49.9 Å². The Hall–Kier alpha value is -6.49. The van der Waals surface area contributed by atoms with Gasteiger partial charge in [-0.05, 0) is 64.0 Å². The van der Waals surface area contributed by atoms with Gasteiger partial charge in [0.2, 0.25) is 0 Å². The number of anilines is 4. The zero-order chi connectivity index (χ0) is 49.0. The Bertz CT molecular complexity index is 3610. The SMILES string of the molecule is [2H]c1cc(-c2c([2H])c([2H])c([2H])c(-c3c([2H])c([2H])c([2H])c([2H])c3[2H])c2N2[CH-]N(c3[c-]c(Oc4[c-]c5c(cc4)c4ccccc4n5-c4cc(C(C)(C)C)ccn4)ncc3)c3ccccc32)c([2H])c([2H])c1[2H].[Pt]. The second-order valence-electron chi connectivity index (χ2n) is 14.3. The van der Waals surface area contributed by atoms with E-state index < -0.39 is 78.1 Å². The number of fused-ring (bicyclic) bond motifs is 4. The van der Waals surface area contributed by atoms with Crippen LogP contribution in [-0.2, 0) is 26.5 Å². The maximum absolute atomic E-state index is 9.32. The van der Waals surface area contributed by atoms with Crippen LogP contribution in [0.15, 0.2) is 170 Å². The average molecular weight is 944 g/mol. The Morgan fingerprint density at radius 3 is 2.17 bits per heavy atom. The maximum Gasteiger partial charge on any atom is 0.135 e. The topological polar surface area (TPSA) is 46.4 Å². The first kappa shape index (κ1) is 25.7. The van der Waals surface area contributed by atoms with Gasteiger partial charge >= 0.3 is 0 Å². The number of aromatic nitrogens is 3. The van der Waals surface area contributed by atoms with Gasteiger partial charge in [-0.15, -0.1) is 24.2 Å². The molecule has 3 aromatic heterocycles. The van der Waals surface area contributed by atoms with Crippen LogP contribution in [0.4, 0.5) is 22.7 Å². The summed E-state index contributed by atoms with van der Waals surface area (Å²) >= 11 is 0. The minimum Gasteiger partial charge on any atom is -0.503 e. The molecule has 6 aromatic carbocycles. The number of ether oxygens (including phenoxy) is 1. The van der Waals surface area contributed by atoms with E-state index in [9.17, 15) is 2.74 Å². The maximum atomic E-state index is 9.32. The summed E-state index contributed by atoms with van der Waals surface area (Å²) in [6.45, 7) is 8.02. The van der Waals surface area contributed by atoms with Crippen LogP contribution >= 0.6 is 0 Å². The van der Waals surface area contributed by atoms with Gasteiger partial charge in [0.15, 0.2) is 0 Å². The summed E-state index contributed by atoms with van der Waals surface area (Å²) in [5.41, 5.74) is 2.67. The molecule has 0 unspecified atom stereocenters. The van der Waals surface area contributed by atoms with Gasteiger partial charge in [0.1, 0.15) is 11.7 Å². The summed E-state index contributed by atoms with van der Waals surface area (Å²) in [5, 5.41) is 1.95. The van der Waals surface area contributed by atoms with E-state index in [4.69, 9.17) is 23.4 Å². The smallest absolute Gasteiger partial charge is 0.135 e. The van der Waals surface area contributed by atoms with Crippen molar-refractivity contribution in [3.8, 4) is 39.7 Å². The fourth-order valence-corrected chi connectivity index (χ4v) is 7.12. The number of rotatable bonds is 7. The summed E-state index contributed by atoms with van der Waals surface area (Å²) < 4.78 is 114. The third-order valence-corrected chi connectivity index (χ3v) is 9.81. The first-order chi connectivity index (χ1) is 32.9. The Morgan fingerprint density at radius 2 is 1.36 bits per heavy atom. The predicted molar refractivity (Wildman–Crippen MR) is 232 cm³/mol. The minimum atomic E-state index is -0.698. The summed E-state index contributed by atoms with van der Waals surface area (Å²) in [6, 6.07) is 24.9. The molecule has 0 radical (unpaired) electrons. The number of hydrogen-bond acceptors (Lipinski definition) is 5. The van der Waals surface area contributed by atoms with Crippen LogP contribution < -0.4 is 14.5 Å². The average Bonchev–Trinajstić information content (AvgIpc) is 3.89. The van der Waals surface area contributed by atoms with Crippen molar-refractivity contribution in [2.45, 2.75) is 26.2 Å². The molecule has 1 aliphatic rings. The summed E-state index contributed by atoms with van der Waals surface area (Å²) in [5.74, 6) is 1.14. The predicted octanol–water partition coefficient (Wildman–Crippen LogP) is 13.0. The van der Waals surface area contributed by atoms with Crippen LogP contribution in [0.3, 0.4) is 0 Å². The molecule has 0 atom stereocenters. The zero-order valence-corrected chi connectivity index (χ0v) is 33.5. The van der Waals surface area contributed by atoms with Gasteiger partial charge in [0.05, 0.1) is 16.4 Å². The normalized spacial score (nSPS) is 15.4. The molecule has 4 heterocycles. The number of nitrogens with zero attached hydrogens (tertiary/aromatic N) is 5. The third-order valence-electron chi connectivity index (χ3n) is 9.81. The van der Waals surface area contributed by atoms with Gasteiger partial charge in [-0.1, -0.05) is 135 Å². The number of pyridine rings is 2. The summed E-state index contributed by atoms with van der Waals surface area (Å²) in [4.78, 5) is 12.5. The standard InChI is InChI=1S/C51H38N5O.Pt/c1-51(2,3)37-27-29-52-48(31-37)56-44-22-11-10-19-42(44)43-26-25-39(33-47(43)56)57-49-32-38(28-30-53-49)54-34-55(46-24-13-12-23-45(46)54)50-40(35-15-6-4-7-16-35)20-14-21-41(50)36-17-8-5-9-18-36;/h4-31,34H,1-3H3;/q-3;/i4D,5D,6D,7D,8D,9D,14D,15D,16D,17D,20D,21D;. The van der Waals surface area contributed by atoms with E-state index in [1.165, 1.54) is 11.1 Å². The Kier molecular flexibility index (Phi) is 6.70. The third kappa shape index (κ3) is 6.63. The van der Waals surface area contributed by atoms with Crippen LogP contribution in [0.1, 0.15) is 42.8 Å². The zero-order valence-electron chi connectivity index (χ0n) is 43.3. The summed E-state index contributed by atoms with van der Waals surface area (Å²) in [7, 11) is 0. The van der Waals surface area contributed by atoms with Crippen LogP contribution in [0.5, 0.6) is 11.6 Å². The fourth-order valence-electron chi connectivity index (χ4n) is 7.12. The monoisotopic (exact) mass is 943 g/mol. The van der Waals surface area contributed by atoms with E-state index in [1.54, 1.807) is 54.2 Å². The molecule has 6 nitrogen and oxygen atoms in total. The minimum absolute atomic E-state index is 0. The van der Waals surface area contributed by atoms with Crippen molar-refractivity contribution in [2.24, 2.45) is 0 Å². The Labute approximate surface area is 370 Å². The van der Waals surface area contributed by atoms with Gasteiger partial charge < -0.3 is 19.1 Å². The van der Waals surface area contributed by atoms with Crippen molar-refractivity contribution in [1.82, 2.24) is 14.5 Å². The number of para-hydroxylation sites is 4. The second kappa shape index (κ2) is 15.1. The Morgan fingerprint density at radius 1 is 0.655 bits per heavy atom. The van der Waals surface area contributed by atoms with Gasteiger partial charge in [-0.2, -0.15) is 23.9 Å². The molecule has 7 heteroatoms. The van der Waals surface area contributed by atoms with Crippen molar-refractivity contribution < 1.29 is 42.3 Å². The molecule has 0 saturated heterocycles. The van der Waals surface area contributed by atoms with Crippen LogP contribution in [0, 0.1) is 18.8 Å². The van der Waals surface area contributed by atoms with E-state index >= 15 is 0 Å². The molecule has 10 rings (SSSR count). The first-order valence-corrected chi connectivity index (χ1v) is 18.2. The quantitative estimate of drug-likeness (QED) is 0.149. The molecule has 58 heavy (non-hydrogen) atoms. The van der Waals surface area contributed by atoms with Crippen LogP contribution in [-0.4, -0.2) is 14.5 Å². The van der Waals surface area contributed by atoms with E-state index in [1.807, 2.05) is 36.4 Å². The van der Waals surface area contributed by atoms with Gasteiger partial charge in [-0.25, -0.2) is 4.98 Å². The molecule has 286 valence electrons. The van der Waals surface area contributed by atoms with Crippen molar-refractivity contribution in [1.29, 1.82) is 0 Å². The molecule has 0 aliphatic carbocycles. The first-order valence-electron chi connectivity index (χ1n) is 24.2. The molecule has 0 bridgehead atoms. The van der Waals surface area contributed by atoms with E-state index in [2.05, 4.69) is 48.5 Å². The molecule has 0 saturated carbocycles. The molecule has 1 aliphatic heterocycles. The second-order valence-corrected chi connectivity index (χ2v) is 14.3. The fraction of sp³-hybridized carbons (Fsp3) is 0.0784. The van der Waals surface area contributed by atoms with Crippen molar-refractivity contribution >= 4 is 44.6 Å². The van der Waals surface area contributed by atoms with Crippen LogP contribution in [0.2, 0.25) is 0 Å². The summed E-state index contributed by atoms with van der Waals surface area (Å²) in [6.07, 6.45) is 3.33. The van der Waals surface area contributed by atoms with Gasteiger partial charge in [-0.3, -0.25) is 4.98 Å². The number of hydrogen-bond donors (Lipinski definition) is 0. The molecule has 0 fully saturated rings. The Balaban J connectivity index is 0.00000608. The molecular formula is C51H38N5OPt-3. The van der Waals surface area contributed by atoms with E-state index in [-0.39, 0.29) is 54.7 Å². The van der Waals surface area contributed by atoms with Crippen molar-refractivity contribution in [3.63, 3.8) is 0 Å². The van der Waals surface area contributed by atoms with Crippen molar-refractivity contribution in [3.05, 3.63) is 194 Å². The number of benzene rings is 6. The van der Waals surface area contributed by atoms with E-state index in [0.29, 0.717) is 22.8 Å². The molecule has 9 aromatic rings. The van der Waals surface area contributed by atoms with Gasteiger partial charge in [0, 0.05) is 66.7 Å².